The highest BCUT2D eigenvalue weighted by Crippen LogP contribution is 2.19. The number of rotatable bonds is 6. The van der Waals surface area contributed by atoms with Gasteiger partial charge in [-0.3, -0.25) is 9.59 Å². The molecule has 0 aliphatic carbocycles. The van der Waals surface area contributed by atoms with Crippen LogP contribution in [0, 0.1) is 0 Å². The van der Waals surface area contributed by atoms with Crippen LogP contribution in [0.15, 0.2) is 76.8 Å². The molecular formula is C21H15Cl2N3O2S. The highest BCUT2D eigenvalue weighted by Gasteiger charge is 2.14. The Labute approximate surface area is 181 Å². The molecule has 2 amide bonds. The van der Waals surface area contributed by atoms with Crippen molar-refractivity contribution in [2.75, 3.05) is 0 Å². The molecule has 1 heterocycles. The van der Waals surface area contributed by atoms with Crippen molar-refractivity contribution in [2.24, 2.45) is 5.10 Å². The predicted molar refractivity (Wildman–Crippen MR) is 118 cm³/mol. The maximum absolute atomic E-state index is 12.6. The summed E-state index contributed by atoms with van der Waals surface area (Å²) in [7, 11) is 0. The minimum Gasteiger partial charge on any atom is -0.317 e. The van der Waals surface area contributed by atoms with Crippen molar-refractivity contribution >= 4 is 58.6 Å². The third kappa shape index (κ3) is 6.02. The number of hydrogen-bond donors (Lipinski definition) is 2. The van der Waals surface area contributed by atoms with E-state index >= 15 is 0 Å². The maximum Gasteiger partial charge on any atom is 0.287 e. The Morgan fingerprint density at radius 2 is 1.79 bits per heavy atom. The fraction of sp³-hybridized carbons (Fsp3) is 0. The fourth-order valence-corrected chi connectivity index (χ4v) is 3.40. The average molecular weight is 444 g/mol. The largest absolute Gasteiger partial charge is 0.317 e. The van der Waals surface area contributed by atoms with E-state index in [1.807, 2.05) is 23.6 Å². The van der Waals surface area contributed by atoms with Crippen LogP contribution in [0.5, 0.6) is 0 Å². The SMILES string of the molecule is O=C(NN=Cc1ccc(Cl)cc1Cl)/C(=C/c1cccs1)NC(=O)c1ccccc1. The highest BCUT2D eigenvalue weighted by molar-refractivity contribution is 7.10. The van der Waals surface area contributed by atoms with E-state index in [-0.39, 0.29) is 5.70 Å². The van der Waals surface area contributed by atoms with E-state index in [1.165, 1.54) is 17.6 Å². The van der Waals surface area contributed by atoms with Gasteiger partial charge in [-0.1, -0.05) is 53.5 Å². The van der Waals surface area contributed by atoms with Crippen LogP contribution in [0.4, 0.5) is 0 Å². The van der Waals surface area contributed by atoms with Crippen molar-refractivity contribution in [3.8, 4) is 0 Å². The van der Waals surface area contributed by atoms with Gasteiger partial charge in [-0.2, -0.15) is 5.10 Å². The molecule has 5 nitrogen and oxygen atoms in total. The van der Waals surface area contributed by atoms with Gasteiger partial charge in [-0.25, -0.2) is 5.43 Å². The smallest absolute Gasteiger partial charge is 0.287 e. The van der Waals surface area contributed by atoms with Crippen molar-refractivity contribution < 1.29 is 9.59 Å². The molecule has 0 unspecified atom stereocenters. The summed E-state index contributed by atoms with van der Waals surface area (Å²) in [5.41, 5.74) is 3.50. The van der Waals surface area contributed by atoms with E-state index in [0.29, 0.717) is 21.2 Å². The number of nitrogens with one attached hydrogen (secondary N) is 2. The first-order chi connectivity index (χ1) is 14.0. The van der Waals surface area contributed by atoms with Gasteiger partial charge in [0.05, 0.1) is 11.2 Å². The van der Waals surface area contributed by atoms with Gasteiger partial charge < -0.3 is 5.32 Å². The van der Waals surface area contributed by atoms with Crippen LogP contribution in [0.25, 0.3) is 6.08 Å². The molecule has 0 aliphatic rings. The second-order valence-corrected chi connectivity index (χ2v) is 7.58. The Morgan fingerprint density at radius 3 is 2.48 bits per heavy atom. The van der Waals surface area contributed by atoms with Crippen molar-refractivity contribution in [3.05, 3.63) is 97.8 Å². The second-order valence-electron chi connectivity index (χ2n) is 5.76. The maximum atomic E-state index is 12.6. The number of halogens is 2. The van der Waals surface area contributed by atoms with Gasteiger partial charge in [-0.05, 0) is 41.8 Å². The lowest BCUT2D eigenvalue weighted by atomic mass is 10.2. The van der Waals surface area contributed by atoms with E-state index in [4.69, 9.17) is 23.2 Å². The summed E-state index contributed by atoms with van der Waals surface area (Å²) in [5, 5.41) is 9.34. The summed E-state index contributed by atoms with van der Waals surface area (Å²) in [6, 6.07) is 17.2. The van der Waals surface area contributed by atoms with Gasteiger partial charge in [0.1, 0.15) is 5.70 Å². The quantitative estimate of drug-likeness (QED) is 0.320. The molecule has 146 valence electrons. The Balaban J connectivity index is 1.76. The fourth-order valence-electron chi connectivity index (χ4n) is 2.28. The van der Waals surface area contributed by atoms with Crippen LogP contribution < -0.4 is 10.7 Å². The number of amides is 2. The number of carbonyl (C=O) groups is 2. The summed E-state index contributed by atoms with van der Waals surface area (Å²) in [5.74, 6) is -0.961. The molecule has 2 aromatic carbocycles. The zero-order chi connectivity index (χ0) is 20.6. The van der Waals surface area contributed by atoms with Crippen LogP contribution in [-0.2, 0) is 4.79 Å². The molecule has 0 fully saturated rings. The minimum absolute atomic E-state index is 0.0701. The summed E-state index contributed by atoms with van der Waals surface area (Å²) in [6.07, 6.45) is 2.99. The normalized spacial score (nSPS) is 11.4. The molecule has 3 aromatic rings. The van der Waals surface area contributed by atoms with E-state index in [1.54, 1.807) is 48.5 Å². The Kier molecular flexibility index (Phi) is 7.19. The lowest BCUT2D eigenvalue weighted by Gasteiger charge is -2.08. The number of carbonyl (C=O) groups excluding carboxylic acids is 2. The summed E-state index contributed by atoms with van der Waals surface area (Å²) < 4.78 is 0. The van der Waals surface area contributed by atoms with Crippen LogP contribution in [0.2, 0.25) is 10.0 Å². The summed E-state index contributed by atoms with van der Waals surface area (Å²) >= 11 is 13.4. The average Bonchev–Trinajstić information content (AvgIpc) is 3.23. The minimum atomic E-state index is -0.566. The molecule has 29 heavy (non-hydrogen) atoms. The molecule has 0 atom stereocenters. The zero-order valence-electron chi connectivity index (χ0n) is 14.9. The third-order valence-electron chi connectivity index (χ3n) is 3.69. The first-order valence-corrected chi connectivity index (χ1v) is 10.1. The van der Waals surface area contributed by atoms with Crippen molar-refractivity contribution in [1.29, 1.82) is 0 Å². The van der Waals surface area contributed by atoms with Gasteiger partial charge >= 0.3 is 0 Å². The van der Waals surface area contributed by atoms with Crippen molar-refractivity contribution in [1.82, 2.24) is 10.7 Å². The number of benzene rings is 2. The van der Waals surface area contributed by atoms with Gasteiger partial charge in [0, 0.05) is 21.0 Å². The Morgan fingerprint density at radius 1 is 1.00 bits per heavy atom. The van der Waals surface area contributed by atoms with Gasteiger partial charge in [-0.15, -0.1) is 11.3 Å². The molecule has 0 aliphatic heterocycles. The lowest BCUT2D eigenvalue weighted by Crippen LogP contribution is -2.32. The van der Waals surface area contributed by atoms with Gasteiger partial charge in [0.2, 0.25) is 0 Å². The zero-order valence-corrected chi connectivity index (χ0v) is 17.3. The number of nitrogens with zero attached hydrogens (tertiary/aromatic N) is 1. The topological polar surface area (TPSA) is 70.6 Å². The lowest BCUT2D eigenvalue weighted by molar-refractivity contribution is -0.117. The number of thiophene rings is 1. The first-order valence-electron chi connectivity index (χ1n) is 8.43. The predicted octanol–water partition coefficient (Wildman–Crippen LogP) is 4.98. The Hall–Kier alpha value is -2.93. The van der Waals surface area contributed by atoms with Gasteiger partial charge in [0.25, 0.3) is 11.8 Å². The second kappa shape index (κ2) is 10.0. The standard InChI is InChI=1S/C21H15Cl2N3O2S/c22-16-9-8-15(18(23)11-16)13-24-26-21(28)19(12-17-7-4-10-29-17)25-20(27)14-5-2-1-3-6-14/h1-13H,(H,25,27)(H,26,28)/b19-12-,24-13?. The molecule has 1 aromatic heterocycles. The summed E-state index contributed by atoms with van der Waals surface area (Å²) in [4.78, 5) is 25.9. The van der Waals surface area contributed by atoms with E-state index in [9.17, 15) is 9.59 Å². The number of hydrazone groups is 1. The van der Waals surface area contributed by atoms with Crippen LogP contribution in [0.1, 0.15) is 20.8 Å². The highest BCUT2D eigenvalue weighted by atomic mass is 35.5. The molecule has 0 spiro atoms. The van der Waals surface area contributed by atoms with E-state index in [0.717, 1.165) is 4.88 Å². The monoisotopic (exact) mass is 443 g/mol. The molecule has 2 N–H and O–H groups in total. The van der Waals surface area contributed by atoms with E-state index in [2.05, 4.69) is 15.8 Å². The van der Waals surface area contributed by atoms with E-state index < -0.39 is 11.8 Å². The molecule has 0 radical (unpaired) electrons. The first kappa shape index (κ1) is 20.8. The van der Waals surface area contributed by atoms with Crippen molar-refractivity contribution in [3.63, 3.8) is 0 Å². The van der Waals surface area contributed by atoms with Crippen LogP contribution in [0.3, 0.4) is 0 Å². The molecular weight excluding hydrogens is 429 g/mol. The number of hydrogen-bond acceptors (Lipinski definition) is 4. The molecule has 0 bridgehead atoms. The van der Waals surface area contributed by atoms with Crippen LogP contribution >= 0.6 is 34.5 Å². The molecule has 0 saturated heterocycles. The Bertz CT molecular complexity index is 1060. The van der Waals surface area contributed by atoms with Crippen LogP contribution in [-0.4, -0.2) is 18.0 Å². The molecule has 0 saturated carbocycles. The third-order valence-corrected chi connectivity index (χ3v) is 5.07. The van der Waals surface area contributed by atoms with Crippen molar-refractivity contribution in [2.45, 2.75) is 0 Å². The van der Waals surface area contributed by atoms with Gasteiger partial charge in [0.15, 0.2) is 0 Å². The molecule has 3 rings (SSSR count). The summed E-state index contributed by atoms with van der Waals surface area (Å²) in [6.45, 7) is 0. The molecule has 8 heteroatoms.